The van der Waals surface area contributed by atoms with Crippen molar-refractivity contribution in [3.63, 3.8) is 0 Å². The predicted molar refractivity (Wildman–Crippen MR) is 48.4 cm³/mol. The quantitative estimate of drug-likeness (QED) is 0.709. The molecule has 1 aromatic carbocycles. The topological polar surface area (TPSA) is 68.0 Å². The fourth-order valence-electron chi connectivity index (χ4n) is 1.12. The minimum Gasteiger partial charge on any atom is -0.508 e. The summed E-state index contributed by atoms with van der Waals surface area (Å²) >= 11 is 0. The lowest BCUT2D eigenvalue weighted by atomic mass is 10.3. The van der Waals surface area contributed by atoms with Crippen molar-refractivity contribution in [3.05, 3.63) is 36.2 Å². The Kier molecular flexibility index (Phi) is 1.98. The number of hydrogen-bond acceptors (Lipinski definition) is 4. The van der Waals surface area contributed by atoms with Gasteiger partial charge in [-0.15, -0.1) is 5.10 Å². The molecule has 2 aromatic rings. The van der Waals surface area contributed by atoms with E-state index in [0.717, 1.165) is 0 Å². The van der Waals surface area contributed by atoms with Gasteiger partial charge in [0, 0.05) is 0 Å². The molecule has 0 atom stereocenters. The van der Waals surface area contributed by atoms with Gasteiger partial charge in [0.1, 0.15) is 11.4 Å². The number of hydrogen-bond donors (Lipinski definition) is 1. The second-order valence-corrected chi connectivity index (χ2v) is 2.70. The highest BCUT2D eigenvalue weighted by atomic mass is 16.3. The second kappa shape index (κ2) is 3.29. The molecule has 5 heteroatoms. The molecule has 2 rings (SSSR count). The van der Waals surface area contributed by atoms with Crippen molar-refractivity contribution in [1.82, 2.24) is 15.0 Å². The zero-order valence-corrected chi connectivity index (χ0v) is 7.16. The molecule has 0 amide bonds. The van der Waals surface area contributed by atoms with Gasteiger partial charge < -0.3 is 5.11 Å². The van der Waals surface area contributed by atoms with Crippen LogP contribution in [0.1, 0.15) is 10.5 Å². The number of phenols is 1. The number of benzene rings is 1. The molecule has 0 spiro atoms. The van der Waals surface area contributed by atoms with Gasteiger partial charge in [0.25, 0.3) is 0 Å². The SMILES string of the molecule is O=Cc1cnnn1-c1ccc(O)cc1. The van der Waals surface area contributed by atoms with Crippen LogP contribution >= 0.6 is 0 Å². The molecule has 0 fully saturated rings. The van der Waals surface area contributed by atoms with Crippen molar-refractivity contribution in [1.29, 1.82) is 0 Å². The van der Waals surface area contributed by atoms with Gasteiger partial charge in [-0.25, -0.2) is 4.68 Å². The van der Waals surface area contributed by atoms with Gasteiger partial charge in [-0.2, -0.15) is 0 Å². The molecule has 5 nitrogen and oxygen atoms in total. The van der Waals surface area contributed by atoms with E-state index >= 15 is 0 Å². The van der Waals surface area contributed by atoms with Crippen LogP contribution in [-0.4, -0.2) is 26.4 Å². The Morgan fingerprint density at radius 2 is 2.00 bits per heavy atom. The maximum atomic E-state index is 10.6. The summed E-state index contributed by atoms with van der Waals surface area (Å²) in [5, 5.41) is 16.4. The van der Waals surface area contributed by atoms with Gasteiger partial charge in [0.2, 0.25) is 0 Å². The molecule has 0 saturated carbocycles. The summed E-state index contributed by atoms with van der Waals surface area (Å²) in [5.74, 6) is 0.168. The average Bonchev–Trinajstić information content (AvgIpc) is 2.67. The van der Waals surface area contributed by atoms with Gasteiger partial charge in [-0.3, -0.25) is 4.79 Å². The summed E-state index contributed by atoms with van der Waals surface area (Å²) < 4.78 is 1.40. The van der Waals surface area contributed by atoms with Gasteiger partial charge in [-0.1, -0.05) is 5.21 Å². The lowest BCUT2D eigenvalue weighted by molar-refractivity contribution is 0.111. The van der Waals surface area contributed by atoms with Crippen LogP contribution in [0.5, 0.6) is 5.75 Å². The van der Waals surface area contributed by atoms with E-state index in [1.165, 1.54) is 23.0 Å². The van der Waals surface area contributed by atoms with E-state index in [9.17, 15) is 4.79 Å². The van der Waals surface area contributed by atoms with Gasteiger partial charge in [-0.05, 0) is 24.3 Å². The molecule has 70 valence electrons. The number of carbonyl (C=O) groups excluding carboxylic acids is 1. The van der Waals surface area contributed by atoms with Gasteiger partial charge >= 0.3 is 0 Å². The van der Waals surface area contributed by atoms with E-state index in [2.05, 4.69) is 10.3 Å². The summed E-state index contributed by atoms with van der Waals surface area (Å²) in [4.78, 5) is 10.6. The van der Waals surface area contributed by atoms with Crippen LogP contribution in [0.15, 0.2) is 30.5 Å². The predicted octanol–water partition coefficient (Wildman–Crippen LogP) is 0.785. The number of aromatic hydroxyl groups is 1. The molecule has 1 N–H and O–H groups in total. The monoisotopic (exact) mass is 189 g/mol. The van der Waals surface area contributed by atoms with Crippen LogP contribution in [-0.2, 0) is 0 Å². The van der Waals surface area contributed by atoms with Gasteiger partial charge in [0.05, 0.1) is 11.9 Å². The first-order chi connectivity index (χ1) is 6.81. The van der Waals surface area contributed by atoms with E-state index in [0.29, 0.717) is 17.7 Å². The molecule has 0 saturated heterocycles. The van der Waals surface area contributed by atoms with E-state index in [1.54, 1.807) is 12.1 Å². The molecule has 0 aliphatic carbocycles. The van der Waals surface area contributed by atoms with Crippen molar-refractivity contribution < 1.29 is 9.90 Å². The lowest BCUT2D eigenvalue weighted by Gasteiger charge is -2.01. The molecule has 1 aromatic heterocycles. The Morgan fingerprint density at radius 1 is 1.29 bits per heavy atom. The van der Waals surface area contributed by atoms with E-state index in [-0.39, 0.29) is 5.75 Å². The number of aromatic nitrogens is 3. The van der Waals surface area contributed by atoms with Crippen LogP contribution in [0.2, 0.25) is 0 Å². The molecular weight excluding hydrogens is 182 g/mol. The van der Waals surface area contributed by atoms with Crippen LogP contribution in [0.4, 0.5) is 0 Å². The zero-order valence-electron chi connectivity index (χ0n) is 7.16. The Balaban J connectivity index is 2.49. The summed E-state index contributed by atoms with van der Waals surface area (Å²) in [6.07, 6.45) is 2.05. The molecular formula is C9H7N3O2. The largest absolute Gasteiger partial charge is 0.508 e. The van der Waals surface area contributed by atoms with Crippen LogP contribution in [0.3, 0.4) is 0 Å². The molecule has 14 heavy (non-hydrogen) atoms. The summed E-state index contributed by atoms with van der Waals surface area (Å²) in [6.45, 7) is 0. The van der Waals surface area contributed by atoms with Crippen molar-refractivity contribution in [2.75, 3.05) is 0 Å². The maximum Gasteiger partial charge on any atom is 0.170 e. The number of nitrogens with zero attached hydrogens (tertiary/aromatic N) is 3. The van der Waals surface area contributed by atoms with Crippen molar-refractivity contribution in [3.8, 4) is 11.4 Å². The highest BCUT2D eigenvalue weighted by molar-refractivity contribution is 5.72. The normalized spacial score (nSPS) is 10.0. The second-order valence-electron chi connectivity index (χ2n) is 2.70. The van der Waals surface area contributed by atoms with E-state index in [1.807, 2.05) is 0 Å². The Bertz CT molecular complexity index is 447. The fraction of sp³-hybridized carbons (Fsp3) is 0. The highest BCUT2D eigenvalue weighted by Crippen LogP contribution is 2.13. The number of carbonyl (C=O) groups is 1. The third-order valence-corrected chi connectivity index (χ3v) is 1.79. The van der Waals surface area contributed by atoms with Crippen molar-refractivity contribution in [2.24, 2.45) is 0 Å². The zero-order chi connectivity index (χ0) is 9.97. The minimum absolute atomic E-state index is 0.168. The molecule has 0 aliphatic heterocycles. The summed E-state index contributed by atoms with van der Waals surface area (Å²) in [7, 11) is 0. The van der Waals surface area contributed by atoms with Crippen LogP contribution in [0, 0.1) is 0 Å². The Hall–Kier alpha value is -2.17. The Morgan fingerprint density at radius 3 is 2.64 bits per heavy atom. The fourth-order valence-corrected chi connectivity index (χ4v) is 1.12. The highest BCUT2D eigenvalue weighted by Gasteiger charge is 2.03. The van der Waals surface area contributed by atoms with Gasteiger partial charge in [0.15, 0.2) is 6.29 Å². The summed E-state index contributed by atoms with van der Waals surface area (Å²) in [6, 6.07) is 6.34. The molecule has 1 heterocycles. The molecule has 0 aliphatic rings. The van der Waals surface area contributed by atoms with E-state index in [4.69, 9.17) is 5.11 Å². The standard InChI is InChI=1S/C9H7N3O2/c13-6-8-5-10-11-12(8)7-1-3-9(14)4-2-7/h1-6,14H. The molecule has 0 radical (unpaired) electrons. The van der Waals surface area contributed by atoms with Crippen LogP contribution < -0.4 is 0 Å². The Labute approximate surface area is 79.6 Å². The molecule has 0 bridgehead atoms. The minimum atomic E-state index is 0.168. The van der Waals surface area contributed by atoms with Crippen molar-refractivity contribution >= 4 is 6.29 Å². The van der Waals surface area contributed by atoms with Crippen LogP contribution in [0.25, 0.3) is 5.69 Å². The number of phenolic OH excluding ortho intramolecular Hbond substituents is 1. The first-order valence-electron chi connectivity index (χ1n) is 3.96. The number of aldehydes is 1. The maximum absolute atomic E-state index is 10.6. The first kappa shape index (κ1) is 8.43. The third-order valence-electron chi connectivity index (χ3n) is 1.79. The summed E-state index contributed by atoms with van der Waals surface area (Å²) in [5.41, 5.74) is 1.05. The van der Waals surface area contributed by atoms with E-state index < -0.39 is 0 Å². The number of rotatable bonds is 2. The smallest absolute Gasteiger partial charge is 0.170 e. The first-order valence-corrected chi connectivity index (χ1v) is 3.96. The van der Waals surface area contributed by atoms with Crippen molar-refractivity contribution in [2.45, 2.75) is 0 Å². The molecule has 0 unspecified atom stereocenters. The lowest BCUT2D eigenvalue weighted by Crippen LogP contribution is -2.00. The third kappa shape index (κ3) is 1.35. The average molecular weight is 189 g/mol.